The Kier molecular flexibility index (Phi) is 8.77. The highest BCUT2D eigenvalue weighted by Gasteiger charge is 2.38. The van der Waals surface area contributed by atoms with Crippen molar-refractivity contribution in [2.45, 2.75) is 45.3 Å². The molecule has 1 unspecified atom stereocenters. The number of benzene rings is 1. The average Bonchev–Trinajstić information content (AvgIpc) is 3.24. The zero-order chi connectivity index (χ0) is 26.1. The van der Waals surface area contributed by atoms with Gasteiger partial charge in [0.2, 0.25) is 5.91 Å². The Bertz CT molecular complexity index is 1120. The lowest BCUT2D eigenvalue weighted by Crippen LogP contribution is -2.31. The number of esters is 1. The van der Waals surface area contributed by atoms with Gasteiger partial charge in [0.1, 0.15) is 18.2 Å². The molecule has 0 aliphatic carbocycles. The van der Waals surface area contributed by atoms with Crippen molar-refractivity contribution in [2.24, 2.45) is 5.92 Å². The van der Waals surface area contributed by atoms with Crippen molar-refractivity contribution in [2.75, 3.05) is 25.2 Å². The summed E-state index contributed by atoms with van der Waals surface area (Å²) in [5.41, 5.74) is 0.286. The molecule has 1 aliphatic heterocycles. The molecule has 12 heteroatoms. The molecule has 3 rings (SSSR count). The van der Waals surface area contributed by atoms with Gasteiger partial charge in [-0.2, -0.15) is 0 Å². The number of aromatic nitrogens is 1. The topological polar surface area (TPSA) is 60.8 Å². The van der Waals surface area contributed by atoms with E-state index in [1.54, 1.807) is 0 Å². The quantitative estimate of drug-likeness (QED) is 0.154. The Morgan fingerprint density at radius 3 is 2.43 bits per heavy atom. The highest BCUT2D eigenvalue weighted by molar-refractivity contribution is 9.10. The van der Waals surface area contributed by atoms with Crippen molar-refractivity contribution in [3.8, 4) is 0 Å². The van der Waals surface area contributed by atoms with E-state index in [4.69, 9.17) is 21.1 Å². The van der Waals surface area contributed by atoms with E-state index in [9.17, 15) is 22.8 Å². The van der Waals surface area contributed by atoms with Gasteiger partial charge in [-0.1, -0.05) is 31.2 Å². The zero-order valence-corrected chi connectivity index (χ0v) is 23.2. The number of hydrogen-bond donors (Lipinski definition) is 0. The fourth-order valence-corrected chi connectivity index (χ4v) is 5.52. The summed E-state index contributed by atoms with van der Waals surface area (Å²) in [5, 5.41) is 0.145. The van der Waals surface area contributed by atoms with Crippen LogP contribution in [0, 0.1) is 23.4 Å². The summed E-state index contributed by atoms with van der Waals surface area (Å²) in [6.07, 6.45) is 0.405. The second kappa shape index (κ2) is 11.1. The molecule has 6 nitrogen and oxygen atoms in total. The molecule has 0 bridgehead atoms. The van der Waals surface area contributed by atoms with E-state index in [1.165, 1.54) is 16.6 Å². The van der Waals surface area contributed by atoms with Crippen LogP contribution in [0.4, 0.5) is 19.0 Å². The van der Waals surface area contributed by atoms with Crippen LogP contribution in [0.5, 0.6) is 0 Å². The molecule has 35 heavy (non-hydrogen) atoms. The predicted molar refractivity (Wildman–Crippen MR) is 133 cm³/mol. The van der Waals surface area contributed by atoms with Gasteiger partial charge in [-0.15, -0.1) is 0 Å². The molecule has 0 saturated carbocycles. The van der Waals surface area contributed by atoms with Gasteiger partial charge in [-0.25, -0.2) is 18.0 Å². The first-order valence-corrected chi connectivity index (χ1v) is 15.9. The van der Waals surface area contributed by atoms with Gasteiger partial charge in [-0.3, -0.25) is 14.3 Å². The number of hydrogen-bond acceptors (Lipinski definition) is 4. The summed E-state index contributed by atoms with van der Waals surface area (Å²) < 4.78 is 53.1. The Hall–Kier alpha value is -1.82. The molecule has 192 valence electrons. The molecule has 1 saturated heterocycles. The number of methoxy groups -OCH3 is 1. The van der Waals surface area contributed by atoms with Crippen LogP contribution in [0.25, 0.3) is 0 Å². The van der Waals surface area contributed by atoms with Crippen LogP contribution in [0.15, 0.2) is 16.6 Å². The molecular weight excluding hydrogens is 569 g/mol. The van der Waals surface area contributed by atoms with Crippen LogP contribution >= 0.6 is 27.5 Å². The largest absolute Gasteiger partial charge is 0.464 e. The normalized spacial score (nSPS) is 16.3. The third-order valence-electron chi connectivity index (χ3n) is 5.82. The van der Waals surface area contributed by atoms with E-state index in [0.29, 0.717) is 13.0 Å². The molecule has 1 amide bonds. The second-order valence-corrected chi connectivity index (χ2v) is 16.4. The maximum absolute atomic E-state index is 13.6. The summed E-state index contributed by atoms with van der Waals surface area (Å²) in [6.45, 7) is 7.35. The Morgan fingerprint density at radius 1 is 1.23 bits per heavy atom. The lowest BCUT2D eigenvalue weighted by molar-refractivity contribution is -0.120. The minimum atomic E-state index is -1.55. The summed E-state index contributed by atoms with van der Waals surface area (Å²) >= 11 is 9.89. The molecule has 1 atom stereocenters. The van der Waals surface area contributed by atoms with Crippen molar-refractivity contribution in [1.29, 1.82) is 0 Å². The SMILES string of the molecule is COC(=O)c1c(Br)c(Cl)c(N2CCC(Cc3cc(F)c(F)c(F)c3)C2=O)n1COCC[Si](C)(C)C. The van der Waals surface area contributed by atoms with Crippen molar-refractivity contribution < 1.29 is 32.2 Å². The second-order valence-electron chi connectivity index (χ2n) is 9.62. The average molecular weight is 596 g/mol. The van der Waals surface area contributed by atoms with Gasteiger partial charge in [0, 0.05) is 27.1 Å². The molecule has 1 aliphatic rings. The maximum Gasteiger partial charge on any atom is 0.356 e. The smallest absolute Gasteiger partial charge is 0.356 e. The van der Waals surface area contributed by atoms with Crippen LogP contribution in [0.3, 0.4) is 0 Å². The van der Waals surface area contributed by atoms with E-state index in [0.717, 1.165) is 18.2 Å². The summed E-state index contributed by atoms with van der Waals surface area (Å²) in [5.74, 6) is -5.47. The van der Waals surface area contributed by atoms with Crippen LogP contribution in [0.1, 0.15) is 22.5 Å². The monoisotopic (exact) mass is 594 g/mol. The Balaban J connectivity index is 1.89. The number of halogens is 5. The summed E-state index contributed by atoms with van der Waals surface area (Å²) in [6, 6.07) is 2.69. The molecule has 2 heterocycles. The molecule has 0 radical (unpaired) electrons. The number of anilines is 1. The fourth-order valence-electron chi connectivity index (χ4n) is 3.91. The van der Waals surface area contributed by atoms with Crippen molar-refractivity contribution >= 4 is 53.3 Å². The van der Waals surface area contributed by atoms with Gasteiger partial charge < -0.3 is 9.47 Å². The summed E-state index contributed by atoms with van der Waals surface area (Å²) in [7, 11) is -0.114. The van der Waals surface area contributed by atoms with Crippen molar-refractivity contribution in [3.63, 3.8) is 0 Å². The van der Waals surface area contributed by atoms with Gasteiger partial charge in [0.25, 0.3) is 0 Å². The number of rotatable bonds is 9. The molecule has 0 N–H and O–H groups in total. The number of carbonyl (C=O) groups is 2. The Morgan fingerprint density at radius 2 is 1.86 bits per heavy atom. The third-order valence-corrected chi connectivity index (χ3v) is 8.88. The van der Waals surface area contributed by atoms with Gasteiger partial charge >= 0.3 is 5.97 Å². The minimum Gasteiger partial charge on any atom is -0.464 e. The van der Waals surface area contributed by atoms with E-state index in [2.05, 4.69) is 35.6 Å². The number of carbonyl (C=O) groups excluding carboxylic acids is 2. The molecule has 0 spiro atoms. The molecule has 2 aromatic rings. The van der Waals surface area contributed by atoms with Crippen LogP contribution < -0.4 is 4.90 Å². The molecule has 1 aromatic heterocycles. The highest BCUT2D eigenvalue weighted by Crippen LogP contribution is 2.42. The lowest BCUT2D eigenvalue weighted by atomic mass is 9.98. The predicted octanol–water partition coefficient (Wildman–Crippen LogP) is 6.02. The first-order chi connectivity index (χ1) is 16.4. The minimum absolute atomic E-state index is 0.0273. The zero-order valence-electron chi connectivity index (χ0n) is 19.9. The van der Waals surface area contributed by atoms with Crippen LogP contribution in [0.2, 0.25) is 30.7 Å². The summed E-state index contributed by atoms with van der Waals surface area (Å²) in [4.78, 5) is 27.3. The highest BCUT2D eigenvalue weighted by atomic mass is 79.9. The van der Waals surface area contributed by atoms with Crippen molar-refractivity contribution in [1.82, 2.24) is 4.57 Å². The number of nitrogens with zero attached hydrogens (tertiary/aromatic N) is 2. The molecule has 1 fully saturated rings. The van der Waals surface area contributed by atoms with E-state index in [-0.39, 0.29) is 52.2 Å². The van der Waals surface area contributed by atoms with E-state index >= 15 is 0 Å². The van der Waals surface area contributed by atoms with Gasteiger partial charge in [0.15, 0.2) is 17.5 Å². The lowest BCUT2D eigenvalue weighted by Gasteiger charge is -2.22. The van der Waals surface area contributed by atoms with Crippen molar-refractivity contribution in [3.05, 3.63) is 50.3 Å². The molecular formula is C23H27BrClF3N2O4Si. The first kappa shape index (κ1) is 27.8. The fraction of sp³-hybridized carbons (Fsp3) is 0.478. The third kappa shape index (κ3) is 6.12. The Labute approximate surface area is 216 Å². The van der Waals surface area contributed by atoms with Gasteiger partial charge in [0.05, 0.1) is 16.6 Å². The maximum atomic E-state index is 13.6. The van der Waals surface area contributed by atoms with Crippen LogP contribution in [-0.4, -0.2) is 44.8 Å². The van der Waals surface area contributed by atoms with E-state index < -0.39 is 37.4 Å². The first-order valence-electron chi connectivity index (χ1n) is 11.0. The number of amides is 1. The van der Waals surface area contributed by atoms with Gasteiger partial charge in [-0.05, 0) is 52.5 Å². The van der Waals surface area contributed by atoms with E-state index in [1.807, 2.05) is 0 Å². The van der Waals surface area contributed by atoms with Crippen LogP contribution in [-0.2, 0) is 27.4 Å². The number of ether oxygens (including phenoxy) is 2. The standard InChI is InChI=1S/C23H27BrClF3N2O4Si/c1-33-23(32)20-17(24)18(25)21(30(20)12-34-7-8-35(2,3)4)29-6-5-14(22(29)31)9-13-10-15(26)19(28)16(27)11-13/h10-11,14H,5-9,12H2,1-4H3. The molecule has 1 aromatic carbocycles.